The van der Waals surface area contributed by atoms with E-state index in [1.165, 1.54) is 56.3 Å². The lowest BCUT2D eigenvalue weighted by Crippen LogP contribution is -2.38. The van der Waals surface area contributed by atoms with Crippen LogP contribution in [0.1, 0.15) is 56.2 Å². The molecule has 4 rings (SSSR count). The summed E-state index contributed by atoms with van der Waals surface area (Å²) in [6.45, 7) is 4.63. The third-order valence-electron chi connectivity index (χ3n) is 5.50. The molecule has 1 unspecified atom stereocenters. The first-order valence-electron chi connectivity index (χ1n) is 9.32. The summed E-state index contributed by atoms with van der Waals surface area (Å²) in [6.07, 6.45) is 8.53. The van der Waals surface area contributed by atoms with Gasteiger partial charge in [-0.15, -0.1) is 0 Å². The molecule has 0 bridgehead atoms. The molecule has 1 atom stereocenters. The van der Waals surface area contributed by atoms with E-state index >= 15 is 0 Å². The first-order valence-corrected chi connectivity index (χ1v) is 9.32. The molecule has 1 aromatic heterocycles. The number of ether oxygens (including phenoxy) is 1. The smallest absolute Gasteiger partial charge is 0.224 e. The molecule has 2 aliphatic heterocycles. The Kier molecular flexibility index (Phi) is 4.52. The van der Waals surface area contributed by atoms with Crippen LogP contribution in [-0.4, -0.2) is 23.0 Å². The summed E-state index contributed by atoms with van der Waals surface area (Å²) < 4.78 is 6.03. The van der Waals surface area contributed by atoms with Gasteiger partial charge in [0.15, 0.2) is 0 Å². The number of unbranched alkanes of at least 4 members (excludes halogenated alkanes) is 1. The molecule has 0 aliphatic carbocycles. The van der Waals surface area contributed by atoms with Crippen LogP contribution in [0.15, 0.2) is 42.6 Å². The van der Waals surface area contributed by atoms with Crippen LogP contribution in [0.25, 0.3) is 0 Å². The first kappa shape index (κ1) is 15.6. The molecule has 126 valence electrons. The van der Waals surface area contributed by atoms with Crippen molar-refractivity contribution in [2.75, 3.05) is 13.1 Å². The van der Waals surface area contributed by atoms with Crippen molar-refractivity contribution < 1.29 is 4.74 Å². The van der Waals surface area contributed by atoms with E-state index in [2.05, 4.69) is 41.1 Å². The van der Waals surface area contributed by atoms with Crippen molar-refractivity contribution in [1.82, 2.24) is 9.88 Å². The molecule has 3 heteroatoms. The van der Waals surface area contributed by atoms with Gasteiger partial charge in [-0.3, -0.25) is 4.90 Å². The summed E-state index contributed by atoms with van der Waals surface area (Å²) in [4.78, 5) is 7.10. The zero-order chi connectivity index (χ0) is 16.4. The molecule has 1 saturated heterocycles. The van der Waals surface area contributed by atoms with Gasteiger partial charge in [0.05, 0.1) is 6.04 Å². The number of rotatable bonds is 4. The number of pyridine rings is 1. The standard InChI is InChI=1S/C21H26N2O/c1-2-3-7-16-11-14-23(15-12-16)20-17-8-4-5-10-19(17)24-21-18(20)9-6-13-22-21/h4-6,8-10,13,16,20H,2-3,7,11-12,14-15H2,1H3. The fourth-order valence-electron chi connectivity index (χ4n) is 4.15. The number of hydrogen-bond donors (Lipinski definition) is 0. The van der Waals surface area contributed by atoms with Crippen molar-refractivity contribution in [3.63, 3.8) is 0 Å². The highest BCUT2D eigenvalue weighted by Crippen LogP contribution is 2.45. The molecule has 0 saturated carbocycles. The van der Waals surface area contributed by atoms with E-state index < -0.39 is 0 Å². The molecule has 2 aliphatic rings. The minimum atomic E-state index is 0.283. The molecule has 0 N–H and O–H groups in total. The quantitative estimate of drug-likeness (QED) is 0.775. The minimum absolute atomic E-state index is 0.283. The number of benzene rings is 1. The summed E-state index contributed by atoms with van der Waals surface area (Å²) in [5.41, 5.74) is 2.49. The van der Waals surface area contributed by atoms with Crippen LogP contribution in [0, 0.1) is 5.92 Å². The Labute approximate surface area is 144 Å². The number of nitrogens with zero attached hydrogens (tertiary/aromatic N) is 2. The van der Waals surface area contributed by atoms with Gasteiger partial charge in [0.1, 0.15) is 5.75 Å². The molecule has 3 nitrogen and oxygen atoms in total. The summed E-state index contributed by atoms with van der Waals surface area (Å²) in [5.74, 6) is 2.64. The van der Waals surface area contributed by atoms with E-state index in [-0.39, 0.29) is 6.04 Å². The molecule has 0 amide bonds. The summed E-state index contributed by atoms with van der Waals surface area (Å²) in [5, 5.41) is 0. The Morgan fingerprint density at radius 1 is 1.08 bits per heavy atom. The fourth-order valence-corrected chi connectivity index (χ4v) is 4.15. The lowest BCUT2D eigenvalue weighted by molar-refractivity contribution is 0.139. The third kappa shape index (κ3) is 2.93. The van der Waals surface area contributed by atoms with Crippen LogP contribution >= 0.6 is 0 Å². The average Bonchev–Trinajstić information content (AvgIpc) is 2.65. The molecule has 1 aromatic carbocycles. The highest BCUT2D eigenvalue weighted by Gasteiger charge is 2.34. The van der Waals surface area contributed by atoms with E-state index in [1.807, 2.05) is 18.3 Å². The lowest BCUT2D eigenvalue weighted by Gasteiger charge is -2.40. The highest BCUT2D eigenvalue weighted by atomic mass is 16.5. The Balaban J connectivity index is 1.59. The van der Waals surface area contributed by atoms with E-state index in [0.717, 1.165) is 17.5 Å². The van der Waals surface area contributed by atoms with Gasteiger partial charge in [0.25, 0.3) is 0 Å². The second-order valence-electron chi connectivity index (χ2n) is 7.06. The Bertz CT molecular complexity index is 646. The van der Waals surface area contributed by atoms with Gasteiger partial charge in [0, 0.05) is 17.3 Å². The Morgan fingerprint density at radius 3 is 2.71 bits per heavy atom. The van der Waals surface area contributed by atoms with Crippen LogP contribution in [0.3, 0.4) is 0 Å². The number of piperidine rings is 1. The summed E-state index contributed by atoms with van der Waals surface area (Å²) >= 11 is 0. The van der Waals surface area contributed by atoms with E-state index in [1.54, 1.807) is 0 Å². The van der Waals surface area contributed by atoms with Crippen molar-refractivity contribution in [3.8, 4) is 11.6 Å². The number of fused-ring (bicyclic) bond motifs is 2. The molecular formula is C21H26N2O. The molecule has 1 fully saturated rings. The second-order valence-corrected chi connectivity index (χ2v) is 7.06. The Morgan fingerprint density at radius 2 is 1.88 bits per heavy atom. The number of para-hydroxylation sites is 1. The molecule has 0 spiro atoms. The zero-order valence-electron chi connectivity index (χ0n) is 14.4. The van der Waals surface area contributed by atoms with Gasteiger partial charge < -0.3 is 4.74 Å². The lowest BCUT2D eigenvalue weighted by atomic mass is 9.88. The van der Waals surface area contributed by atoms with Crippen molar-refractivity contribution in [2.24, 2.45) is 5.92 Å². The first-order chi connectivity index (χ1) is 11.9. The van der Waals surface area contributed by atoms with E-state index in [9.17, 15) is 0 Å². The van der Waals surface area contributed by atoms with Gasteiger partial charge >= 0.3 is 0 Å². The predicted molar refractivity (Wildman–Crippen MR) is 96.4 cm³/mol. The van der Waals surface area contributed by atoms with Crippen LogP contribution in [0.5, 0.6) is 11.6 Å². The SMILES string of the molecule is CCCCC1CCN(C2c3ccccc3Oc3ncccc32)CC1. The number of aromatic nitrogens is 1. The van der Waals surface area contributed by atoms with Crippen LogP contribution in [0.2, 0.25) is 0 Å². The minimum Gasteiger partial charge on any atom is -0.438 e. The topological polar surface area (TPSA) is 25.4 Å². The van der Waals surface area contributed by atoms with Crippen molar-refractivity contribution in [1.29, 1.82) is 0 Å². The zero-order valence-corrected chi connectivity index (χ0v) is 14.4. The number of hydrogen-bond acceptors (Lipinski definition) is 3. The van der Waals surface area contributed by atoms with Gasteiger partial charge in [-0.1, -0.05) is 50.5 Å². The van der Waals surface area contributed by atoms with E-state index in [4.69, 9.17) is 4.74 Å². The monoisotopic (exact) mass is 322 g/mol. The van der Waals surface area contributed by atoms with Gasteiger partial charge in [0.2, 0.25) is 5.88 Å². The molecule has 3 heterocycles. The normalized spacial score (nSPS) is 21.0. The van der Waals surface area contributed by atoms with Gasteiger partial charge in [-0.05, 0) is 44.0 Å². The maximum absolute atomic E-state index is 6.03. The van der Waals surface area contributed by atoms with Crippen LogP contribution < -0.4 is 4.74 Å². The molecular weight excluding hydrogens is 296 g/mol. The molecule has 0 radical (unpaired) electrons. The maximum atomic E-state index is 6.03. The average molecular weight is 322 g/mol. The van der Waals surface area contributed by atoms with Crippen LogP contribution in [0.4, 0.5) is 0 Å². The second kappa shape index (κ2) is 6.94. The third-order valence-corrected chi connectivity index (χ3v) is 5.50. The van der Waals surface area contributed by atoms with E-state index in [0.29, 0.717) is 0 Å². The largest absolute Gasteiger partial charge is 0.438 e. The van der Waals surface area contributed by atoms with Gasteiger partial charge in [-0.25, -0.2) is 4.98 Å². The van der Waals surface area contributed by atoms with Crippen molar-refractivity contribution in [3.05, 3.63) is 53.7 Å². The summed E-state index contributed by atoms with van der Waals surface area (Å²) in [7, 11) is 0. The molecule has 24 heavy (non-hydrogen) atoms. The Hall–Kier alpha value is -1.87. The fraction of sp³-hybridized carbons (Fsp3) is 0.476. The van der Waals surface area contributed by atoms with Crippen molar-refractivity contribution >= 4 is 0 Å². The highest BCUT2D eigenvalue weighted by molar-refractivity contribution is 5.50. The van der Waals surface area contributed by atoms with Gasteiger partial charge in [-0.2, -0.15) is 0 Å². The predicted octanol–water partition coefficient (Wildman–Crippen LogP) is 5.18. The van der Waals surface area contributed by atoms with Crippen molar-refractivity contribution in [2.45, 2.75) is 45.1 Å². The summed E-state index contributed by atoms with van der Waals surface area (Å²) in [6, 6.07) is 12.9. The molecule has 2 aromatic rings. The van der Waals surface area contributed by atoms with Crippen LogP contribution in [-0.2, 0) is 0 Å². The maximum Gasteiger partial charge on any atom is 0.224 e. The number of likely N-dealkylation sites (tertiary alicyclic amines) is 1.